The molecule has 0 aliphatic carbocycles. The van der Waals surface area contributed by atoms with Crippen LogP contribution in [0.2, 0.25) is 0 Å². The van der Waals surface area contributed by atoms with Gasteiger partial charge in [0.2, 0.25) is 0 Å². The number of amides is 1. The number of hydrogen-bond donors (Lipinski definition) is 2. The lowest BCUT2D eigenvalue weighted by atomic mass is 10.1. The van der Waals surface area contributed by atoms with Crippen LogP contribution in [0.25, 0.3) is 10.9 Å². The quantitative estimate of drug-likeness (QED) is 0.398. The van der Waals surface area contributed by atoms with E-state index in [4.69, 9.17) is 9.47 Å². The Balaban J connectivity index is 1.50. The third kappa shape index (κ3) is 5.46. The van der Waals surface area contributed by atoms with Gasteiger partial charge in [-0.25, -0.2) is 13.8 Å². The van der Waals surface area contributed by atoms with Gasteiger partial charge in [0.25, 0.3) is 11.5 Å². The van der Waals surface area contributed by atoms with E-state index in [1.807, 2.05) is 24.3 Å². The first-order valence-corrected chi connectivity index (χ1v) is 10.9. The lowest BCUT2D eigenvalue weighted by Gasteiger charge is -2.11. The molecule has 0 atom stereocenters. The molecular weight excluding hydrogens is 455 g/mol. The molecule has 180 valence electrons. The number of carbonyl (C=O) groups is 1. The molecule has 0 spiro atoms. The van der Waals surface area contributed by atoms with Crippen LogP contribution in [0.5, 0.6) is 11.5 Å². The topological polar surface area (TPSA) is 93.3 Å². The number of halogens is 2. The number of aromatic amines is 1. The Labute approximate surface area is 199 Å². The zero-order valence-corrected chi connectivity index (χ0v) is 19.2. The van der Waals surface area contributed by atoms with E-state index in [1.54, 1.807) is 26.2 Å². The summed E-state index contributed by atoms with van der Waals surface area (Å²) in [6, 6.07) is 14.3. The Hall–Kier alpha value is -4.27. The predicted molar refractivity (Wildman–Crippen MR) is 127 cm³/mol. The first-order valence-electron chi connectivity index (χ1n) is 10.9. The van der Waals surface area contributed by atoms with E-state index in [9.17, 15) is 18.4 Å². The van der Waals surface area contributed by atoms with Crippen LogP contribution in [0, 0.1) is 18.6 Å². The highest BCUT2D eigenvalue weighted by Crippen LogP contribution is 2.25. The van der Waals surface area contributed by atoms with Crippen molar-refractivity contribution in [3.63, 3.8) is 0 Å². The molecule has 7 nitrogen and oxygen atoms in total. The summed E-state index contributed by atoms with van der Waals surface area (Å²) in [7, 11) is 1.58. The Kier molecular flexibility index (Phi) is 7.05. The minimum atomic E-state index is -0.705. The van der Waals surface area contributed by atoms with Crippen molar-refractivity contribution in [2.24, 2.45) is 0 Å². The van der Waals surface area contributed by atoms with Gasteiger partial charge in [-0.2, -0.15) is 0 Å². The fourth-order valence-corrected chi connectivity index (χ4v) is 3.57. The van der Waals surface area contributed by atoms with Gasteiger partial charge in [-0.15, -0.1) is 0 Å². The summed E-state index contributed by atoms with van der Waals surface area (Å²) in [4.78, 5) is 31.9. The Morgan fingerprint density at radius 1 is 1.03 bits per heavy atom. The largest absolute Gasteiger partial charge is 0.497 e. The summed E-state index contributed by atoms with van der Waals surface area (Å²) in [5.74, 6) is -1.40. The maximum absolute atomic E-state index is 14.5. The van der Waals surface area contributed by atoms with Gasteiger partial charge in [0.1, 0.15) is 17.0 Å². The third-order valence-electron chi connectivity index (χ3n) is 5.47. The van der Waals surface area contributed by atoms with E-state index < -0.39 is 17.3 Å². The second kappa shape index (κ2) is 10.3. The van der Waals surface area contributed by atoms with Crippen LogP contribution in [0.1, 0.15) is 27.3 Å². The Morgan fingerprint density at radius 2 is 1.74 bits per heavy atom. The Bertz CT molecular complexity index is 1440. The molecule has 0 aliphatic heterocycles. The molecule has 0 aliphatic rings. The summed E-state index contributed by atoms with van der Waals surface area (Å²) in [6.45, 7) is 1.87. The average molecular weight is 478 g/mol. The molecule has 0 saturated heterocycles. The third-order valence-corrected chi connectivity index (χ3v) is 5.47. The van der Waals surface area contributed by atoms with Crippen LogP contribution in [0.15, 0.2) is 59.4 Å². The van der Waals surface area contributed by atoms with E-state index >= 15 is 0 Å². The van der Waals surface area contributed by atoms with Crippen molar-refractivity contribution in [3.8, 4) is 11.5 Å². The predicted octanol–water partition coefficient (Wildman–Crippen LogP) is 4.07. The standard InChI is InChI=1S/C26H23F2N3O4/c1-15-13-17(5-8-19(15)27)14-29-26(33)24-30-21-10-9-20(28)23(22(21)25(32)31-24)35-12-11-16-3-6-18(34-2)7-4-16/h3-10,13H,11-12,14H2,1-2H3,(H,29,33)(H,30,31,32)/i2-1. The normalized spacial score (nSPS) is 10.9. The minimum Gasteiger partial charge on any atom is -0.497 e. The summed E-state index contributed by atoms with van der Waals surface area (Å²) >= 11 is 0. The van der Waals surface area contributed by atoms with Gasteiger partial charge in [-0.05, 0) is 53.9 Å². The van der Waals surface area contributed by atoms with E-state index in [0.29, 0.717) is 17.5 Å². The van der Waals surface area contributed by atoms with Gasteiger partial charge < -0.3 is 19.8 Å². The van der Waals surface area contributed by atoms with E-state index in [-0.39, 0.29) is 41.4 Å². The highest BCUT2D eigenvalue weighted by Gasteiger charge is 2.17. The number of fused-ring (bicyclic) bond motifs is 1. The SMILES string of the molecule is Cc1cc(CNC(=O)c2nc3ccc(F)c(OCCc4ccc(O[11CH3])cc4)c3c(=O)[nH]2)ccc1F. The van der Waals surface area contributed by atoms with Gasteiger partial charge in [0.05, 0.1) is 19.2 Å². The molecule has 0 unspecified atom stereocenters. The number of aryl methyl sites for hydroxylation is 1. The van der Waals surface area contributed by atoms with Gasteiger partial charge in [0, 0.05) is 13.0 Å². The number of ether oxygens (including phenoxy) is 2. The molecule has 9 heteroatoms. The van der Waals surface area contributed by atoms with Crippen molar-refractivity contribution in [1.29, 1.82) is 0 Å². The molecule has 4 rings (SSSR count). The van der Waals surface area contributed by atoms with Gasteiger partial charge >= 0.3 is 0 Å². The second-order valence-electron chi connectivity index (χ2n) is 7.90. The second-order valence-corrected chi connectivity index (χ2v) is 7.90. The van der Waals surface area contributed by atoms with Crippen LogP contribution >= 0.6 is 0 Å². The number of nitrogens with one attached hydrogen (secondary N) is 2. The number of rotatable bonds is 8. The van der Waals surface area contributed by atoms with E-state index in [2.05, 4.69) is 15.3 Å². The number of H-pyrrole nitrogens is 1. The first-order chi connectivity index (χ1) is 16.9. The maximum Gasteiger partial charge on any atom is 0.287 e. The maximum atomic E-state index is 14.5. The Morgan fingerprint density at radius 3 is 2.46 bits per heavy atom. The molecule has 2 N–H and O–H groups in total. The number of methoxy groups -OCH3 is 1. The van der Waals surface area contributed by atoms with E-state index in [0.717, 1.165) is 17.4 Å². The van der Waals surface area contributed by atoms with Crippen LogP contribution in [-0.4, -0.2) is 29.6 Å². The smallest absolute Gasteiger partial charge is 0.287 e. The lowest BCUT2D eigenvalue weighted by Crippen LogP contribution is -2.27. The number of carbonyl (C=O) groups excluding carboxylic acids is 1. The van der Waals surface area contributed by atoms with Crippen molar-refractivity contribution in [2.45, 2.75) is 19.9 Å². The molecule has 1 amide bonds. The molecule has 0 fully saturated rings. The van der Waals surface area contributed by atoms with Crippen molar-refractivity contribution in [3.05, 3.63) is 99.1 Å². The molecule has 0 radical (unpaired) electrons. The van der Waals surface area contributed by atoms with Gasteiger partial charge in [-0.1, -0.05) is 24.3 Å². The summed E-state index contributed by atoms with van der Waals surface area (Å²) in [5, 5.41) is 2.55. The molecule has 3 aromatic carbocycles. The van der Waals surface area contributed by atoms with Crippen LogP contribution in [0.4, 0.5) is 8.78 Å². The van der Waals surface area contributed by atoms with Crippen LogP contribution in [0.3, 0.4) is 0 Å². The monoisotopic (exact) mass is 478 g/mol. The highest BCUT2D eigenvalue weighted by molar-refractivity contribution is 5.93. The molecule has 1 heterocycles. The zero-order valence-electron chi connectivity index (χ0n) is 19.2. The van der Waals surface area contributed by atoms with Crippen molar-refractivity contribution < 1.29 is 23.0 Å². The zero-order chi connectivity index (χ0) is 24.9. The number of aromatic nitrogens is 2. The van der Waals surface area contributed by atoms with E-state index in [1.165, 1.54) is 12.1 Å². The lowest BCUT2D eigenvalue weighted by molar-refractivity contribution is 0.0940. The molecule has 0 bridgehead atoms. The minimum absolute atomic E-state index is 0.0783. The van der Waals surface area contributed by atoms with Crippen molar-refractivity contribution >= 4 is 16.8 Å². The fourth-order valence-electron chi connectivity index (χ4n) is 3.57. The summed E-state index contributed by atoms with van der Waals surface area (Å²) in [6.07, 6.45) is 0.481. The van der Waals surface area contributed by atoms with Crippen molar-refractivity contribution in [2.75, 3.05) is 13.7 Å². The molecule has 4 aromatic rings. The van der Waals surface area contributed by atoms with Gasteiger partial charge in [0.15, 0.2) is 17.4 Å². The average Bonchev–Trinajstić information content (AvgIpc) is 2.86. The van der Waals surface area contributed by atoms with Crippen LogP contribution < -0.4 is 20.3 Å². The van der Waals surface area contributed by atoms with Crippen molar-refractivity contribution in [1.82, 2.24) is 15.3 Å². The number of nitrogens with zero attached hydrogens (tertiary/aromatic N) is 1. The van der Waals surface area contributed by atoms with Crippen LogP contribution in [-0.2, 0) is 13.0 Å². The number of hydrogen-bond acceptors (Lipinski definition) is 5. The summed E-state index contributed by atoms with van der Waals surface area (Å²) < 4.78 is 38.7. The first kappa shape index (κ1) is 23.9. The molecule has 1 aromatic heterocycles. The molecular formula is C26H23F2N3O4. The summed E-state index contributed by atoms with van der Waals surface area (Å²) in [5.41, 5.74) is 1.52. The van der Waals surface area contributed by atoms with Gasteiger partial charge in [-0.3, -0.25) is 9.59 Å². The number of benzene rings is 3. The highest BCUT2D eigenvalue weighted by atomic mass is 19.1. The molecule has 35 heavy (non-hydrogen) atoms. The fraction of sp³-hybridized carbons (Fsp3) is 0.192. The molecule has 0 saturated carbocycles.